The summed E-state index contributed by atoms with van der Waals surface area (Å²) in [6.45, 7) is 1.27. The van der Waals surface area contributed by atoms with Crippen LogP contribution in [0.4, 0.5) is 0 Å². The average molecular weight is 461 g/mol. The Kier molecular flexibility index (Phi) is 6.24. The highest BCUT2D eigenvalue weighted by molar-refractivity contribution is 7.89. The Morgan fingerprint density at radius 2 is 1.93 bits per heavy atom. The first kappa shape index (κ1) is 21.1. The minimum Gasteiger partial charge on any atom is -0.352 e. The van der Waals surface area contributed by atoms with Gasteiger partial charge in [0, 0.05) is 35.1 Å². The van der Waals surface area contributed by atoms with Crippen molar-refractivity contribution in [2.75, 3.05) is 13.1 Å². The van der Waals surface area contributed by atoms with Crippen LogP contribution in [0.1, 0.15) is 26.4 Å². The molecule has 0 atom stereocenters. The largest absolute Gasteiger partial charge is 0.352 e. The van der Waals surface area contributed by atoms with Crippen LogP contribution >= 0.6 is 22.9 Å². The van der Waals surface area contributed by atoms with E-state index in [1.54, 1.807) is 29.5 Å². The van der Waals surface area contributed by atoms with E-state index in [0.29, 0.717) is 36.6 Å². The number of fused-ring (bicyclic) bond motifs is 1. The third kappa shape index (κ3) is 4.59. The molecule has 156 valence electrons. The first-order valence-electron chi connectivity index (χ1n) is 9.61. The van der Waals surface area contributed by atoms with Crippen molar-refractivity contribution in [3.8, 4) is 0 Å². The smallest absolute Gasteiger partial charge is 0.251 e. The molecular formula is C22H21ClN2O3S2. The Morgan fingerprint density at radius 3 is 2.73 bits per heavy atom. The Hall–Kier alpha value is -2.19. The molecule has 30 heavy (non-hydrogen) atoms. The molecule has 2 heterocycles. The summed E-state index contributed by atoms with van der Waals surface area (Å²) in [5.41, 5.74) is 2.46. The quantitative estimate of drug-likeness (QED) is 0.601. The predicted octanol–water partition coefficient (Wildman–Crippen LogP) is 4.12. The summed E-state index contributed by atoms with van der Waals surface area (Å²) in [5.74, 6) is -0.292. The molecular weight excluding hydrogens is 440 g/mol. The van der Waals surface area contributed by atoms with Gasteiger partial charge in [-0.15, -0.1) is 11.3 Å². The molecule has 1 aromatic heterocycles. The van der Waals surface area contributed by atoms with Crippen molar-refractivity contribution in [1.29, 1.82) is 0 Å². The first-order chi connectivity index (χ1) is 14.4. The standard InChI is InChI=1S/C22H21ClN2O3S2/c23-19-6-4-16(5-7-19)8-11-24-22(26)17-2-1-3-20(14-17)30(27,28)25-12-9-21-18(15-25)10-13-29-21/h1-7,10,13-14H,8-9,11-12,15H2,(H,24,26). The summed E-state index contributed by atoms with van der Waals surface area (Å²) in [7, 11) is -3.66. The Balaban J connectivity index is 1.42. The number of sulfonamides is 1. The number of thiophene rings is 1. The van der Waals surface area contributed by atoms with Gasteiger partial charge in [0.2, 0.25) is 10.0 Å². The van der Waals surface area contributed by atoms with E-state index < -0.39 is 10.0 Å². The second kappa shape index (κ2) is 8.89. The molecule has 0 fully saturated rings. The van der Waals surface area contributed by atoms with Crippen LogP contribution in [0.3, 0.4) is 0 Å². The van der Waals surface area contributed by atoms with Crippen molar-refractivity contribution in [2.45, 2.75) is 24.3 Å². The Morgan fingerprint density at radius 1 is 1.13 bits per heavy atom. The summed E-state index contributed by atoms with van der Waals surface area (Å²) in [4.78, 5) is 13.9. The number of hydrogen-bond acceptors (Lipinski definition) is 4. The number of nitrogens with one attached hydrogen (secondary N) is 1. The normalized spacial score (nSPS) is 14.3. The topological polar surface area (TPSA) is 66.5 Å². The van der Waals surface area contributed by atoms with E-state index in [-0.39, 0.29) is 10.8 Å². The average Bonchev–Trinajstić information content (AvgIpc) is 3.23. The lowest BCUT2D eigenvalue weighted by atomic mass is 10.1. The van der Waals surface area contributed by atoms with Gasteiger partial charge >= 0.3 is 0 Å². The molecule has 2 aromatic carbocycles. The second-order valence-corrected chi connectivity index (χ2v) is 10.5. The molecule has 0 radical (unpaired) electrons. The van der Waals surface area contributed by atoms with Gasteiger partial charge in [0.1, 0.15) is 0 Å². The van der Waals surface area contributed by atoms with Crippen molar-refractivity contribution < 1.29 is 13.2 Å². The molecule has 3 aromatic rings. The third-order valence-corrected chi connectivity index (χ3v) is 8.24. The van der Waals surface area contributed by atoms with Crippen molar-refractivity contribution in [3.05, 3.63) is 86.6 Å². The Bertz CT molecular complexity index is 1160. The molecule has 0 spiro atoms. The molecule has 0 saturated heterocycles. The summed E-state index contributed by atoms with van der Waals surface area (Å²) in [6.07, 6.45) is 1.38. The molecule has 0 saturated carbocycles. The molecule has 5 nitrogen and oxygen atoms in total. The number of carbonyl (C=O) groups is 1. The monoisotopic (exact) mass is 460 g/mol. The van der Waals surface area contributed by atoms with Crippen LogP contribution in [-0.4, -0.2) is 31.7 Å². The van der Waals surface area contributed by atoms with Crippen molar-refractivity contribution >= 4 is 38.9 Å². The van der Waals surface area contributed by atoms with Gasteiger partial charge in [-0.2, -0.15) is 4.31 Å². The molecule has 0 unspecified atom stereocenters. The molecule has 1 N–H and O–H groups in total. The minimum absolute atomic E-state index is 0.145. The summed E-state index contributed by atoms with van der Waals surface area (Å²) in [6, 6.07) is 15.7. The van der Waals surface area contributed by atoms with Crippen molar-refractivity contribution in [3.63, 3.8) is 0 Å². The third-order valence-electron chi connectivity index (χ3n) is 5.12. The summed E-state index contributed by atoms with van der Waals surface area (Å²) >= 11 is 7.55. The summed E-state index contributed by atoms with van der Waals surface area (Å²) < 4.78 is 27.7. The molecule has 0 bridgehead atoms. The SMILES string of the molecule is O=C(NCCc1ccc(Cl)cc1)c1cccc(S(=O)(=O)N2CCc3sccc3C2)c1. The van der Waals surface area contributed by atoms with Gasteiger partial charge in [-0.3, -0.25) is 4.79 Å². The van der Waals surface area contributed by atoms with E-state index in [1.807, 2.05) is 35.7 Å². The number of halogens is 1. The van der Waals surface area contributed by atoms with Gasteiger partial charge in [0.05, 0.1) is 4.90 Å². The van der Waals surface area contributed by atoms with Crippen LogP contribution in [-0.2, 0) is 29.4 Å². The fourth-order valence-corrected chi connectivity index (χ4v) is 5.93. The molecule has 1 aliphatic rings. The fourth-order valence-electron chi connectivity index (χ4n) is 3.45. The van der Waals surface area contributed by atoms with Gasteiger partial charge in [-0.05, 0) is 65.7 Å². The maximum Gasteiger partial charge on any atom is 0.251 e. The van der Waals surface area contributed by atoms with Crippen LogP contribution in [0.25, 0.3) is 0 Å². The molecule has 1 amide bonds. The number of amides is 1. The highest BCUT2D eigenvalue weighted by atomic mass is 35.5. The number of carbonyl (C=O) groups excluding carboxylic acids is 1. The molecule has 4 rings (SSSR count). The predicted molar refractivity (Wildman–Crippen MR) is 120 cm³/mol. The van der Waals surface area contributed by atoms with Crippen LogP contribution in [0.5, 0.6) is 0 Å². The van der Waals surface area contributed by atoms with E-state index in [4.69, 9.17) is 11.6 Å². The second-order valence-electron chi connectivity index (χ2n) is 7.12. The van der Waals surface area contributed by atoms with E-state index in [0.717, 1.165) is 17.5 Å². The number of hydrogen-bond donors (Lipinski definition) is 1. The zero-order valence-corrected chi connectivity index (χ0v) is 18.6. The van der Waals surface area contributed by atoms with Gasteiger partial charge < -0.3 is 5.32 Å². The zero-order valence-electron chi connectivity index (χ0n) is 16.2. The van der Waals surface area contributed by atoms with Crippen LogP contribution in [0.15, 0.2) is 64.9 Å². The van der Waals surface area contributed by atoms with Crippen LogP contribution < -0.4 is 5.32 Å². The van der Waals surface area contributed by atoms with E-state index in [1.165, 1.54) is 15.2 Å². The number of benzene rings is 2. The van der Waals surface area contributed by atoms with Gasteiger partial charge in [0.25, 0.3) is 5.91 Å². The highest BCUT2D eigenvalue weighted by Crippen LogP contribution is 2.28. The van der Waals surface area contributed by atoms with Gasteiger partial charge in [-0.25, -0.2) is 8.42 Å². The lowest BCUT2D eigenvalue weighted by molar-refractivity contribution is 0.0954. The van der Waals surface area contributed by atoms with E-state index in [2.05, 4.69) is 5.32 Å². The lowest BCUT2D eigenvalue weighted by Crippen LogP contribution is -2.35. The van der Waals surface area contributed by atoms with Crippen molar-refractivity contribution in [2.24, 2.45) is 0 Å². The molecule has 8 heteroatoms. The number of nitrogens with zero attached hydrogens (tertiary/aromatic N) is 1. The van der Waals surface area contributed by atoms with Gasteiger partial charge in [-0.1, -0.05) is 29.8 Å². The maximum atomic E-state index is 13.1. The fraction of sp³-hybridized carbons (Fsp3) is 0.227. The number of rotatable bonds is 6. The van der Waals surface area contributed by atoms with Gasteiger partial charge in [0.15, 0.2) is 0 Å². The molecule has 0 aliphatic carbocycles. The minimum atomic E-state index is -3.66. The highest BCUT2D eigenvalue weighted by Gasteiger charge is 2.29. The maximum absolute atomic E-state index is 13.1. The van der Waals surface area contributed by atoms with Crippen molar-refractivity contribution in [1.82, 2.24) is 9.62 Å². The summed E-state index contributed by atoms with van der Waals surface area (Å²) in [5, 5.41) is 5.52. The lowest BCUT2D eigenvalue weighted by Gasteiger charge is -2.26. The van der Waals surface area contributed by atoms with E-state index in [9.17, 15) is 13.2 Å². The van der Waals surface area contributed by atoms with Crippen LogP contribution in [0, 0.1) is 0 Å². The first-order valence-corrected chi connectivity index (χ1v) is 12.3. The molecule has 1 aliphatic heterocycles. The van der Waals surface area contributed by atoms with Crippen LogP contribution in [0.2, 0.25) is 5.02 Å². The Labute approximate surface area is 185 Å². The zero-order chi connectivity index (χ0) is 21.1. The van der Waals surface area contributed by atoms with E-state index >= 15 is 0 Å².